The van der Waals surface area contributed by atoms with Crippen molar-refractivity contribution in [2.24, 2.45) is 0 Å². The Hall–Kier alpha value is -1.82. The van der Waals surface area contributed by atoms with Crippen LogP contribution >= 0.6 is 0 Å². The third-order valence-corrected chi connectivity index (χ3v) is 4.43. The first kappa shape index (κ1) is 10.1. The van der Waals surface area contributed by atoms with E-state index in [-0.39, 0.29) is 0 Å². The number of benzene rings is 3. The topological polar surface area (TPSA) is 0 Å². The lowest BCUT2D eigenvalue weighted by Crippen LogP contribution is -1.88. The highest BCUT2D eigenvalue weighted by Gasteiger charge is 2.20. The van der Waals surface area contributed by atoms with Gasteiger partial charge in [-0.3, -0.25) is 0 Å². The Kier molecular flexibility index (Phi) is 2.02. The van der Waals surface area contributed by atoms with Crippen molar-refractivity contribution in [3.63, 3.8) is 0 Å². The number of rotatable bonds is 0. The fourth-order valence-electron chi connectivity index (χ4n) is 3.42. The van der Waals surface area contributed by atoms with Gasteiger partial charge in [0.15, 0.2) is 0 Å². The van der Waals surface area contributed by atoms with E-state index in [4.69, 9.17) is 0 Å². The predicted octanol–water partition coefficient (Wildman–Crippen LogP) is 5.04. The lowest BCUT2D eigenvalue weighted by atomic mass is 9.95. The average Bonchev–Trinajstić information content (AvgIpc) is 2.80. The molecule has 0 N–H and O–H groups in total. The van der Waals surface area contributed by atoms with Crippen molar-refractivity contribution in [2.45, 2.75) is 25.7 Å². The summed E-state index contributed by atoms with van der Waals surface area (Å²) in [5.74, 6) is 0.732. The molecule has 0 bridgehead atoms. The van der Waals surface area contributed by atoms with Crippen LogP contribution in [0, 0.1) is 0 Å². The molecule has 0 heteroatoms. The van der Waals surface area contributed by atoms with Crippen LogP contribution in [0.3, 0.4) is 0 Å². The van der Waals surface area contributed by atoms with Gasteiger partial charge in [-0.1, -0.05) is 55.5 Å². The Balaban J connectivity index is 2.17. The molecule has 1 atom stereocenters. The van der Waals surface area contributed by atoms with Crippen molar-refractivity contribution in [3.8, 4) is 0 Å². The second-order valence-corrected chi connectivity index (χ2v) is 5.45. The zero-order valence-corrected chi connectivity index (χ0v) is 10.6. The summed E-state index contributed by atoms with van der Waals surface area (Å²) in [6.07, 6.45) is 2.55. The smallest absolute Gasteiger partial charge is 0.0102 e. The number of hydrogen-bond acceptors (Lipinski definition) is 0. The minimum atomic E-state index is 0.732. The maximum Gasteiger partial charge on any atom is -0.0102 e. The molecular weight excluding hydrogens is 216 g/mol. The molecule has 1 unspecified atom stereocenters. The van der Waals surface area contributed by atoms with Gasteiger partial charge in [-0.2, -0.15) is 0 Å². The highest BCUT2D eigenvalue weighted by Crippen LogP contribution is 2.38. The zero-order chi connectivity index (χ0) is 12.1. The summed E-state index contributed by atoms with van der Waals surface area (Å²) in [7, 11) is 0. The molecule has 0 saturated carbocycles. The molecule has 0 saturated heterocycles. The normalized spacial score (nSPS) is 18.4. The van der Waals surface area contributed by atoms with Gasteiger partial charge in [0.25, 0.3) is 0 Å². The molecule has 88 valence electrons. The summed E-state index contributed by atoms with van der Waals surface area (Å²) in [5.41, 5.74) is 3.16. The quantitative estimate of drug-likeness (QED) is 0.476. The molecule has 0 aliphatic heterocycles. The van der Waals surface area contributed by atoms with Gasteiger partial charge >= 0.3 is 0 Å². The van der Waals surface area contributed by atoms with Crippen LogP contribution in [0.1, 0.15) is 30.4 Å². The minimum Gasteiger partial charge on any atom is -0.0616 e. The summed E-state index contributed by atoms with van der Waals surface area (Å²) < 4.78 is 0. The van der Waals surface area contributed by atoms with Gasteiger partial charge in [0.2, 0.25) is 0 Å². The second-order valence-electron chi connectivity index (χ2n) is 5.45. The standard InChI is InChI=1S/C18H16/c1-12-6-8-16-14(12)10-11-17-15-5-3-2-4-13(15)7-9-18(16)17/h2-5,7,9-12H,6,8H2,1H3. The Morgan fingerprint density at radius 2 is 1.67 bits per heavy atom. The van der Waals surface area contributed by atoms with Crippen molar-refractivity contribution in [3.05, 3.63) is 59.7 Å². The maximum atomic E-state index is 2.35. The molecule has 3 aromatic rings. The van der Waals surface area contributed by atoms with Gasteiger partial charge in [-0.25, -0.2) is 0 Å². The molecule has 0 heterocycles. The minimum absolute atomic E-state index is 0.732. The first-order valence-electron chi connectivity index (χ1n) is 6.78. The molecule has 4 rings (SSSR count). The van der Waals surface area contributed by atoms with Gasteiger partial charge in [0, 0.05) is 0 Å². The summed E-state index contributed by atoms with van der Waals surface area (Å²) in [4.78, 5) is 0. The predicted molar refractivity (Wildman–Crippen MR) is 78.2 cm³/mol. The van der Waals surface area contributed by atoms with Crippen LogP contribution in [0.15, 0.2) is 48.5 Å². The zero-order valence-electron chi connectivity index (χ0n) is 10.6. The van der Waals surface area contributed by atoms with Crippen molar-refractivity contribution in [2.75, 3.05) is 0 Å². The van der Waals surface area contributed by atoms with Crippen LogP contribution in [0.2, 0.25) is 0 Å². The highest BCUT2D eigenvalue weighted by molar-refractivity contribution is 6.08. The fraction of sp³-hybridized carbons (Fsp3) is 0.222. The van der Waals surface area contributed by atoms with Crippen LogP contribution in [-0.2, 0) is 6.42 Å². The van der Waals surface area contributed by atoms with Crippen molar-refractivity contribution in [1.82, 2.24) is 0 Å². The van der Waals surface area contributed by atoms with E-state index < -0.39 is 0 Å². The summed E-state index contributed by atoms with van der Waals surface area (Å²) in [6.45, 7) is 2.35. The number of aryl methyl sites for hydroxylation is 1. The molecule has 0 aromatic heterocycles. The summed E-state index contributed by atoms with van der Waals surface area (Å²) >= 11 is 0. The van der Waals surface area contributed by atoms with Crippen molar-refractivity contribution in [1.29, 1.82) is 0 Å². The third-order valence-electron chi connectivity index (χ3n) is 4.43. The number of hydrogen-bond donors (Lipinski definition) is 0. The van der Waals surface area contributed by atoms with E-state index in [0.717, 1.165) is 5.92 Å². The molecule has 0 fully saturated rings. The van der Waals surface area contributed by atoms with Crippen molar-refractivity contribution >= 4 is 21.5 Å². The first-order chi connectivity index (χ1) is 8.84. The van der Waals surface area contributed by atoms with Gasteiger partial charge in [0.05, 0.1) is 0 Å². The lowest BCUT2D eigenvalue weighted by Gasteiger charge is -2.10. The molecule has 0 nitrogen and oxygen atoms in total. The Morgan fingerprint density at radius 3 is 2.61 bits per heavy atom. The lowest BCUT2D eigenvalue weighted by molar-refractivity contribution is 0.747. The molecule has 0 spiro atoms. The van der Waals surface area contributed by atoms with Crippen LogP contribution in [-0.4, -0.2) is 0 Å². The largest absolute Gasteiger partial charge is 0.0616 e. The van der Waals surface area contributed by atoms with Gasteiger partial charge in [-0.05, 0) is 51.4 Å². The van der Waals surface area contributed by atoms with E-state index in [2.05, 4.69) is 55.5 Å². The van der Waals surface area contributed by atoms with E-state index in [1.54, 1.807) is 11.1 Å². The molecular formula is C18H16. The molecule has 1 aliphatic carbocycles. The van der Waals surface area contributed by atoms with Crippen LogP contribution in [0.4, 0.5) is 0 Å². The number of fused-ring (bicyclic) bond motifs is 5. The Morgan fingerprint density at radius 1 is 0.833 bits per heavy atom. The monoisotopic (exact) mass is 232 g/mol. The van der Waals surface area contributed by atoms with Crippen LogP contribution < -0.4 is 0 Å². The van der Waals surface area contributed by atoms with E-state index in [0.29, 0.717) is 0 Å². The second kappa shape index (κ2) is 3.58. The molecule has 0 amide bonds. The van der Waals surface area contributed by atoms with Gasteiger partial charge in [0.1, 0.15) is 0 Å². The third kappa shape index (κ3) is 1.26. The van der Waals surface area contributed by atoms with E-state index in [9.17, 15) is 0 Å². The van der Waals surface area contributed by atoms with E-state index in [1.165, 1.54) is 34.4 Å². The van der Waals surface area contributed by atoms with Gasteiger partial charge in [-0.15, -0.1) is 0 Å². The van der Waals surface area contributed by atoms with Crippen LogP contribution in [0.5, 0.6) is 0 Å². The van der Waals surface area contributed by atoms with E-state index >= 15 is 0 Å². The SMILES string of the molecule is CC1CCc2c1ccc1c2ccc2ccccc21. The van der Waals surface area contributed by atoms with E-state index in [1.807, 2.05) is 0 Å². The molecule has 18 heavy (non-hydrogen) atoms. The fourth-order valence-corrected chi connectivity index (χ4v) is 3.42. The Labute approximate surface area is 107 Å². The summed E-state index contributed by atoms with van der Waals surface area (Å²) in [5, 5.41) is 5.62. The molecule has 1 aliphatic rings. The first-order valence-corrected chi connectivity index (χ1v) is 6.78. The van der Waals surface area contributed by atoms with Gasteiger partial charge < -0.3 is 0 Å². The van der Waals surface area contributed by atoms with Crippen molar-refractivity contribution < 1.29 is 0 Å². The highest BCUT2D eigenvalue weighted by atomic mass is 14.2. The molecule has 3 aromatic carbocycles. The maximum absolute atomic E-state index is 2.35. The Bertz CT molecular complexity index is 752. The van der Waals surface area contributed by atoms with Crippen LogP contribution in [0.25, 0.3) is 21.5 Å². The molecule has 0 radical (unpaired) electrons. The average molecular weight is 232 g/mol. The summed E-state index contributed by atoms with van der Waals surface area (Å²) in [6, 6.07) is 17.9.